The van der Waals surface area contributed by atoms with E-state index in [2.05, 4.69) is 27.9 Å². The number of rotatable bonds is 7. The van der Waals surface area contributed by atoms with Crippen molar-refractivity contribution in [3.63, 3.8) is 0 Å². The molecule has 3 rings (SSSR count). The lowest BCUT2D eigenvalue weighted by Gasteiger charge is -2.17. The van der Waals surface area contributed by atoms with Crippen LogP contribution < -0.4 is 5.32 Å². The molecule has 0 spiro atoms. The molecule has 0 atom stereocenters. The quantitative estimate of drug-likeness (QED) is 0.379. The molecule has 3 aromatic carbocycles. The number of anilines is 1. The number of ether oxygens (including phenoxy) is 1. The highest BCUT2D eigenvalue weighted by Gasteiger charge is 2.19. The monoisotopic (exact) mass is 485 g/mol. The minimum Gasteiger partial charge on any atom is -0.456 e. The summed E-state index contributed by atoms with van der Waals surface area (Å²) in [4.78, 5) is 24.4. The van der Waals surface area contributed by atoms with Gasteiger partial charge in [-0.15, -0.1) is 0 Å². The molecule has 0 fully saturated rings. The van der Waals surface area contributed by atoms with Crippen LogP contribution in [0.15, 0.2) is 84.9 Å². The first-order chi connectivity index (χ1) is 13.6. The standard InChI is InChI=1S/C23H20INO3/c24-19-11-13-20(14-12-19)25-22(26)16-28-23(27)15-21(17-7-3-1-4-8-17)18-9-5-2-6-10-18/h1-14,21H,15-16H2,(H,25,26). The Morgan fingerprint density at radius 1 is 0.821 bits per heavy atom. The van der Waals surface area contributed by atoms with Crippen LogP contribution in [0, 0.1) is 3.57 Å². The van der Waals surface area contributed by atoms with Crippen molar-refractivity contribution in [3.8, 4) is 0 Å². The van der Waals surface area contributed by atoms with Crippen molar-refractivity contribution in [2.45, 2.75) is 12.3 Å². The molecule has 0 heterocycles. The van der Waals surface area contributed by atoms with Gasteiger partial charge >= 0.3 is 5.97 Å². The van der Waals surface area contributed by atoms with E-state index in [1.165, 1.54) is 0 Å². The number of esters is 1. The van der Waals surface area contributed by atoms with Crippen LogP contribution in [0.2, 0.25) is 0 Å². The van der Waals surface area contributed by atoms with E-state index in [-0.39, 0.29) is 24.9 Å². The molecule has 0 aliphatic heterocycles. The van der Waals surface area contributed by atoms with Gasteiger partial charge in [0.15, 0.2) is 6.61 Å². The van der Waals surface area contributed by atoms with E-state index in [9.17, 15) is 9.59 Å². The summed E-state index contributed by atoms with van der Waals surface area (Å²) < 4.78 is 6.30. The van der Waals surface area contributed by atoms with Crippen LogP contribution in [0.1, 0.15) is 23.5 Å². The molecular formula is C23H20INO3. The van der Waals surface area contributed by atoms with Crippen molar-refractivity contribution >= 4 is 40.2 Å². The maximum absolute atomic E-state index is 12.4. The van der Waals surface area contributed by atoms with Crippen LogP contribution in [0.3, 0.4) is 0 Å². The number of hydrogen-bond acceptors (Lipinski definition) is 3. The molecular weight excluding hydrogens is 465 g/mol. The van der Waals surface area contributed by atoms with E-state index >= 15 is 0 Å². The lowest BCUT2D eigenvalue weighted by Crippen LogP contribution is -2.22. The largest absolute Gasteiger partial charge is 0.456 e. The zero-order chi connectivity index (χ0) is 19.8. The van der Waals surface area contributed by atoms with Crippen molar-refractivity contribution in [2.24, 2.45) is 0 Å². The average molecular weight is 485 g/mol. The Kier molecular flexibility index (Phi) is 7.19. The fraction of sp³-hybridized carbons (Fsp3) is 0.130. The zero-order valence-corrected chi connectivity index (χ0v) is 17.3. The second-order valence-electron chi connectivity index (χ2n) is 6.29. The van der Waals surface area contributed by atoms with Crippen LogP contribution in [0.25, 0.3) is 0 Å². The van der Waals surface area contributed by atoms with Crippen molar-refractivity contribution in [2.75, 3.05) is 11.9 Å². The van der Waals surface area contributed by atoms with Crippen LogP contribution in [-0.4, -0.2) is 18.5 Å². The Morgan fingerprint density at radius 2 is 1.36 bits per heavy atom. The normalized spacial score (nSPS) is 10.5. The maximum Gasteiger partial charge on any atom is 0.307 e. The number of halogens is 1. The Bertz CT molecular complexity index is 872. The molecule has 0 bridgehead atoms. The summed E-state index contributed by atoms with van der Waals surface area (Å²) in [6.45, 7) is -0.304. The van der Waals surface area contributed by atoms with Gasteiger partial charge in [-0.25, -0.2) is 0 Å². The lowest BCUT2D eigenvalue weighted by atomic mass is 9.89. The molecule has 0 saturated heterocycles. The van der Waals surface area contributed by atoms with Crippen LogP contribution in [-0.2, 0) is 14.3 Å². The highest BCUT2D eigenvalue weighted by Crippen LogP contribution is 2.28. The zero-order valence-electron chi connectivity index (χ0n) is 15.2. The molecule has 4 nitrogen and oxygen atoms in total. The molecule has 0 saturated carbocycles. The summed E-state index contributed by atoms with van der Waals surface area (Å²) in [6, 6.07) is 27.1. The summed E-state index contributed by atoms with van der Waals surface area (Å²) >= 11 is 2.19. The average Bonchev–Trinajstić information content (AvgIpc) is 2.73. The van der Waals surface area contributed by atoms with Crippen LogP contribution >= 0.6 is 22.6 Å². The minimum absolute atomic E-state index is 0.117. The molecule has 0 unspecified atom stereocenters. The second-order valence-corrected chi connectivity index (χ2v) is 7.54. The first-order valence-electron chi connectivity index (χ1n) is 8.93. The molecule has 3 aromatic rings. The molecule has 28 heavy (non-hydrogen) atoms. The van der Waals surface area contributed by atoms with Gasteiger partial charge in [0.1, 0.15) is 0 Å². The maximum atomic E-state index is 12.4. The van der Waals surface area contributed by atoms with E-state index in [0.717, 1.165) is 14.7 Å². The van der Waals surface area contributed by atoms with Gasteiger partial charge < -0.3 is 10.1 Å². The summed E-state index contributed by atoms with van der Waals surface area (Å²) in [5, 5.41) is 2.72. The molecule has 0 aromatic heterocycles. The van der Waals surface area contributed by atoms with Gasteiger partial charge in [-0.05, 0) is 58.0 Å². The van der Waals surface area contributed by atoms with E-state index in [1.54, 1.807) is 0 Å². The van der Waals surface area contributed by atoms with Gasteiger partial charge in [-0.3, -0.25) is 9.59 Å². The van der Waals surface area contributed by atoms with Gasteiger partial charge in [-0.2, -0.15) is 0 Å². The first-order valence-corrected chi connectivity index (χ1v) is 10.0. The molecule has 0 aliphatic carbocycles. The molecule has 0 radical (unpaired) electrons. The summed E-state index contributed by atoms with van der Waals surface area (Å²) in [6.07, 6.45) is 0.171. The highest BCUT2D eigenvalue weighted by molar-refractivity contribution is 14.1. The smallest absolute Gasteiger partial charge is 0.307 e. The number of carbonyl (C=O) groups is 2. The lowest BCUT2D eigenvalue weighted by molar-refractivity contribution is -0.147. The molecule has 142 valence electrons. The fourth-order valence-corrected chi connectivity index (χ4v) is 3.26. The third-order valence-electron chi connectivity index (χ3n) is 4.27. The van der Waals surface area contributed by atoms with E-state index in [1.807, 2.05) is 84.9 Å². The number of nitrogens with one attached hydrogen (secondary N) is 1. The summed E-state index contributed by atoms with van der Waals surface area (Å²) in [5.41, 5.74) is 2.75. The van der Waals surface area contributed by atoms with Crippen molar-refractivity contribution < 1.29 is 14.3 Å². The fourth-order valence-electron chi connectivity index (χ4n) is 2.90. The van der Waals surface area contributed by atoms with Crippen LogP contribution in [0.4, 0.5) is 5.69 Å². The first kappa shape index (κ1) is 20.1. The number of benzene rings is 3. The van der Waals surface area contributed by atoms with Gasteiger partial charge in [-0.1, -0.05) is 60.7 Å². The third kappa shape index (κ3) is 5.92. The topological polar surface area (TPSA) is 55.4 Å². The Morgan fingerprint density at radius 3 is 1.89 bits per heavy atom. The molecule has 1 N–H and O–H groups in total. The predicted octanol–water partition coefficient (Wildman–Crippen LogP) is 5.00. The Balaban J connectivity index is 1.59. The van der Waals surface area contributed by atoms with Crippen LogP contribution in [0.5, 0.6) is 0 Å². The molecule has 1 amide bonds. The summed E-state index contributed by atoms with van der Waals surface area (Å²) in [7, 11) is 0. The van der Waals surface area contributed by atoms with Gasteiger partial charge in [0.25, 0.3) is 5.91 Å². The number of hydrogen-bond donors (Lipinski definition) is 1. The highest BCUT2D eigenvalue weighted by atomic mass is 127. The van der Waals surface area contributed by atoms with E-state index in [4.69, 9.17) is 4.74 Å². The van der Waals surface area contributed by atoms with Gasteiger partial charge in [0.2, 0.25) is 0 Å². The van der Waals surface area contributed by atoms with Gasteiger partial charge in [0, 0.05) is 15.2 Å². The van der Waals surface area contributed by atoms with E-state index in [0.29, 0.717) is 5.69 Å². The van der Waals surface area contributed by atoms with Crippen molar-refractivity contribution in [3.05, 3.63) is 99.6 Å². The second kappa shape index (κ2) is 10.0. The van der Waals surface area contributed by atoms with Gasteiger partial charge in [0.05, 0.1) is 6.42 Å². The third-order valence-corrected chi connectivity index (χ3v) is 4.99. The van der Waals surface area contributed by atoms with E-state index < -0.39 is 5.97 Å². The Hall–Kier alpha value is -2.67. The Labute approximate surface area is 178 Å². The predicted molar refractivity (Wildman–Crippen MR) is 118 cm³/mol. The molecule has 0 aliphatic rings. The number of carbonyl (C=O) groups excluding carboxylic acids is 2. The van der Waals surface area contributed by atoms with Crippen molar-refractivity contribution in [1.29, 1.82) is 0 Å². The minimum atomic E-state index is -0.407. The molecule has 5 heteroatoms. The number of amides is 1. The SMILES string of the molecule is O=C(COC(=O)CC(c1ccccc1)c1ccccc1)Nc1ccc(I)cc1. The summed E-state index contributed by atoms with van der Waals surface area (Å²) in [5.74, 6) is -0.879. The van der Waals surface area contributed by atoms with Crippen molar-refractivity contribution in [1.82, 2.24) is 0 Å².